The normalized spacial score (nSPS) is 17.1. The molecular formula is C22H21N3O5. The summed E-state index contributed by atoms with van der Waals surface area (Å²) in [6.45, 7) is 2.99. The zero-order valence-electron chi connectivity index (χ0n) is 16.3. The van der Waals surface area contributed by atoms with Crippen LogP contribution in [-0.4, -0.2) is 55.5 Å². The number of amides is 2. The van der Waals surface area contributed by atoms with Crippen LogP contribution in [0.25, 0.3) is 0 Å². The molecule has 0 aliphatic carbocycles. The minimum atomic E-state index is -0.692. The number of ether oxygens (including phenoxy) is 2. The van der Waals surface area contributed by atoms with E-state index in [1.807, 2.05) is 12.1 Å². The van der Waals surface area contributed by atoms with E-state index in [9.17, 15) is 14.4 Å². The lowest BCUT2D eigenvalue weighted by Gasteiger charge is -2.35. The van der Waals surface area contributed by atoms with Gasteiger partial charge in [0, 0.05) is 55.6 Å². The van der Waals surface area contributed by atoms with Gasteiger partial charge in [-0.25, -0.2) is 0 Å². The molecule has 0 radical (unpaired) electrons. The number of piperazine rings is 1. The second-order valence-corrected chi connectivity index (χ2v) is 7.60. The van der Waals surface area contributed by atoms with Gasteiger partial charge in [-0.15, -0.1) is 0 Å². The minimum Gasteiger partial charge on any atom is -0.493 e. The predicted molar refractivity (Wildman–Crippen MR) is 109 cm³/mol. The monoisotopic (exact) mass is 407 g/mol. The van der Waals surface area contributed by atoms with Crippen molar-refractivity contribution in [2.45, 2.75) is 12.8 Å². The Kier molecular flexibility index (Phi) is 4.54. The summed E-state index contributed by atoms with van der Waals surface area (Å²) >= 11 is 0. The van der Waals surface area contributed by atoms with E-state index < -0.39 is 11.8 Å². The molecule has 3 aliphatic heterocycles. The molecule has 2 aromatic rings. The lowest BCUT2D eigenvalue weighted by molar-refractivity contribution is -0.143. The standard InChI is InChI=1S/C22H21N3O5/c26-20-12-14-1-2-16(13-19(14)30-20)23-21(27)22(28)25-8-6-24(7-9-25)17-3-4-18-15(11-17)5-10-29-18/h1-4,11,13H,5-10,12H2,(H,23,27). The Morgan fingerprint density at radius 1 is 0.933 bits per heavy atom. The van der Waals surface area contributed by atoms with Crippen LogP contribution < -0.4 is 19.7 Å². The van der Waals surface area contributed by atoms with Crippen LogP contribution in [0.4, 0.5) is 11.4 Å². The van der Waals surface area contributed by atoms with E-state index >= 15 is 0 Å². The fourth-order valence-corrected chi connectivity index (χ4v) is 4.05. The van der Waals surface area contributed by atoms with Crippen molar-refractivity contribution in [1.82, 2.24) is 4.90 Å². The molecule has 0 atom stereocenters. The summed E-state index contributed by atoms with van der Waals surface area (Å²) in [7, 11) is 0. The maximum absolute atomic E-state index is 12.6. The quantitative estimate of drug-likeness (QED) is 0.460. The highest BCUT2D eigenvalue weighted by atomic mass is 16.5. The van der Waals surface area contributed by atoms with Crippen molar-refractivity contribution < 1.29 is 23.9 Å². The molecule has 8 heteroatoms. The van der Waals surface area contributed by atoms with Gasteiger partial charge in [0.15, 0.2) is 0 Å². The number of nitrogens with one attached hydrogen (secondary N) is 1. The van der Waals surface area contributed by atoms with Gasteiger partial charge >= 0.3 is 17.8 Å². The molecule has 0 aromatic heterocycles. The Morgan fingerprint density at radius 2 is 1.77 bits per heavy atom. The molecular weight excluding hydrogens is 386 g/mol. The molecule has 1 saturated heterocycles. The van der Waals surface area contributed by atoms with Gasteiger partial charge in [0.1, 0.15) is 11.5 Å². The molecule has 3 heterocycles. The van der Waals surface area contributed by atoms with Crippen LogP contribution in [0.1, 0.15) is 11.1 Å². The van der Waals surface area contributed by atoms with Crippen molar-refractivity contribution in [3.05, 3.63) is 47.5 Å². The second kappa shape index (κ2) is 7.37. The van der Waals surface area contributed by atoms with Gasteiger partial charge in [0.05, 0.1) is 13.0 Å². The molecule has 0 spiro atoms. The van der Waals surface area contributed by atoms with Crippen molar-refractivity contribution in [1.29, 1.82) is 0 Å². The first-order valence-electron chi connectivity index (χ1n) is 10.0. The van der Waals surface area contributed by atoms with Gasteiger partial charge < -0.3 is 24.6 Å². The topological polar surface area (TPSA) is 88.2 Å². The van der Waals surface area contributed by atoms with Crippen LogP contribution in [-0.2, 0) is 27.2 Å². The summed E-state index contributed by atoms with van der Waals surface area (Å²) in [6.07, 6.45) is 1.15. The van der Waals surface area contributed by atoms with E-state index in [0.717, 1.165) is 30.0 Å². The number of hydrogen-bond acceptors (Lipinski definition) is 6. The minimum absolute atomic E-state index is 0.226. The molecule has 3 aliphatic rings. The summed E-state index contributed by atoms with van der Waals surface area (Å²) in [6, 6.07) is 11.1. The van der Waals surface area contributed by atoms with Crippen LogP contribution in [0.3, 0.4) is 0 Å². The molecule has 0 unspecified atom stereocenters. The van der Waals surface area contributed by atoms with Gasteiger partial charge in [-0.3, -0.25) is 14.4 Å². The average molecular weight is 407 g/mol. The highest BCUT2D eigenvalue weighted by Gasteiger charge is 2.27. The summed E-state index contributed by atoms with van der Waals surface area (Å²) in [5, 5.41) is 2.61. The first-order chi connectivity index (χ1) is 14.6. The van der Waals surface area contributed by atoms with E-state index in [0.29, 0.717) is 37.6 Å². The Balaban J connectivity index is 1.18. The SMILES string of the molecule is O=C1Cc2ccc(NC(=O)C(=O)N3CCN(c4ccc5c(c4)CCO5)CC3)cc2O1. The molecule has 0 bridgehead atoms. The van der Waals surface area contributed by atoms with Crippen molar-refractivity contribution in [3.63, 3.8) is 0 Å². The Hall–Kier alpha value is -3.55. The molecule has 1 fully saturated rings. The van der Waals surface area contributed by atoms with Crippen molar-refractivity contribution >= 4 is 29.2 Å². The summed E-state index contributed by atoms with van der Waals surface area (Å²) < 4.78 is 10.6. The van der Waals surface area contributed by atoms with Crippen LogP contribution in [0, 0.1) is 0 Å². The van der Waals surface area contributed by atoms with Gasteiger partial charge in [-0.05, 0) is 29.8 Å². The highest BCUT2D eigenvalue weighted by molar-refractivity contribution is 6.39. The fourth-order valence-electron chi connectivity index (χ4n) is 4.05. The zero-order valence-corrected chi connectivity index (χ0v) is 16.3. The largest absolute Gasteiger partial charge is 0.493 e. The number of anilines is 2. The number of rotatable bonds is 2. The van der Waals surface area contributed by atoms with Crippen LogP contribution in [0.5, 0.6) is 11.5 Å². The first-order valence-corrected chi connectivity index (χ1v) is 10.0. The maximum atomic E-state index is 12.6. The van der Waals surface area contributed by atoms with E-state index in [-0.39, 0.29) is 12.4 Å². The van der Waals surface area contributed by atoms with Gasteiger partial charge in [-0.1, -0.05) is 6.07 Å². The third kappa shape index (κ3) is 3.45. The summed E-state index contributed by atoms with van der Waals surface area (Å²) in [5.74, 6) is -0.195. The van der Waals surface area contributed by atoms with E-state index in [1.54, 1.807) is 23.1 Å². The molecule has 2 amide bonds. The lowest BCUT2D eigenvalue weighted by Crippen LogP contribution is -2.51. The Morgan fingerprint density at radius 3 is 2.60 bits per heavy atom. The lowest BCUT2D eigenvalue weighted by atomic mass is 10.1. The molecule has 30 heavy (non-hydrogen) atoms. The predicted octanol–water partition coefficient (Wildman–Crippen LogP) is 1.37. The van der Waals surface area contributed by atoms with Crippen LogP contribution in [0.2, 0.25) is 0 Å². The van der Waals surface area contributed by atoms with E-state index in [1.165, 1.54) is 5.56 Å². The van der Waals surface area contributed by atoms with Crippen molar-refractivity contribution in [2.75, 3.05) is 43.0 Å². The first kappa shape index (κ1) is 18.5. The summed E-state index contributed by atoms with van der Waals surface area (Å²) in [4.78, 5) is 40.1. The number of esters is 1. The van der Waals surface area contributed by atoms with Gasteiger partial charge in [0.25, 0.3) is 0 Å². The van der Waals surface area contributed by atoms with Gasteiger partial charge in [-0.2, -0.15) is 0 Å². The Bertz CT molecular complexity index is 1040. The van der Waals surface area contributed by atoms with Crippen LogP contribution in [0.15, 0.2) is 36.4 Å². The van der Waals surface area contributed by atoms with E-state index in [4.69, 9.17) is 9.47 Å². The van der Waals surface area contributed by atoms with E-state index in [2.05, 4.69) is 16.3 Å². The number of nitrogens with zero attached hydrogens (tertiary/aromatic N) is 2. The zero-order chi connectivity index (χ0) is 20.7. The van der Waals surface area contributed by atoms with Crippen molar-refractivity contribution in [2.24, 2.45) is 0 Å². The third-order valence-electron chi connectivity index (χ3n) is 5.68. The number of carbonyl (C=O) groups excluding carboxylic acids is 3. The number of carbonyl (C=O) groups is 3. The molecule has 1 N–H and O–H groups in total. The van der Waals surface area contributed by atoms with Gasteiger partial charge in [0.2, 0.25) is 0 Å². The number of hydrogen-bond donors (Lipinski definition) is 1. The number of benzene rings is 2. The van der Waals surface area contributed by atoms with Crippen LogP contribution >= 0.6 is 0 Å². The second-order valence-electron chi connectivity index (χ2n) is 7.60. The average Bonchev–Trinajstić information content (AvgIpc) is 3.37. The third-order valence-corrected chi connectivity index (χ3v) is 5.68. The maximum Gasteiger partial charge on any atom is 0.315 e. The molecule has 8 nitrogen and oxygen atoms in total. The highest BCUT2D eigenvalue weighted by Crippen LogP contribution is 2.30. The smallest absolute Gasteiger partial charge is 0.315 e. The summed E-state index contributed by atoms with van der Waals surface area (Å²) in [5.41, 5.74) is 3.54. The molecule has 5 rings (SSSR count). The molecule has 154 valence electrons. The molecule has 0 saturated carbocycles. The van der Waals surface area contributed by atoms with Crippen molar-refractivity contribution in [3.8, 4) is 11.5 Å². The fraction of sp³-hybridized carbons (Fsp3) is 0.318. The number of fused-ring (bicyclic) bond motifs is 2. The molecule has 2 aromatic carbocycles. The Labute approximate surface area is 173 Å².